The van der Waals surface area contributed by atoms with E-state index in [4.69, 9.17) is 15.2 Å². The molecule has 0 saturated heterocycles. The maximum atomic E-state index is 11.6. The molecule has 7 heteroatoms. The standard InChI is InChI=1S/C18H18N4O3/c1-24-12-7-6-11(15(8-12)25-2)9-20-18-14-5-3-4-13(17(19)23)16(14)21-10-22-18/h3-8,10H,9H2,1-2H3,(H2,19,23)(H,20,21,22). The molecule has 0 bridgehead atoms. The average Bonchev–Trinajstić information content (AvgIpc) is 2.65. The van der Waals surface area contributed by atoms with Gasteiger partial charge in [0.1, 0.15) is 23.6 Å². The molecule has 1 amide bonds. The lowest BCUT2D eigenvalue weighted by Gasteiger charge is -2.13. The van der Waals surface area contributed by atoms with Gasteiger partial charge in [0.2, 0.25) is 0 Å². The Balaban J connectivity index is 1.92. The predicted octanol–water partition coefficient (Wildman–Crippen LogP) is 2.36. The lowest BCUT2D eigenvalue weighted by molar-refractivity contribution is 0.100. The van der Waals surface area contributed by atoms with E-state index in [-0.39, 0.29) is 0 Å². The molecule has 3 aromatic rings. The second-order valence-corrected chi connectivity index (χ2v) is 5.32. The minimum atomic E-state index is -0.521. The van der Waals surface area contributed by atoms with Crippen molar-refractivity contribution < 1.29 is 14.3 Å². The minimum absolute atomic E-state index is 0.366. The number of carbonyl (C=O) groups is 1. The Hall–Kier alpha value is -3.35. The Bertz CT molecular complexity index is 927. The zero-order chi connectivity index (χ0) is 17.8. The Morgan fingerprint density at radius 3 is 2.72 bits per heavy atom. The number of fused-ring (bicyclic) bond motifs is 1. The molecule has 1 heterocycles. The number of amides is 1. The number of aromatic nitrogens is 2. The van der Waals surface area contributed by atoms with Gasteiger partial charge in [-0.3, -0.25) is 4.79 Å². The van der Waals surface area contributed by atoms with Gasteiger partial charge in [-0.15, -0.1) is 0 Å². The van der Waals surface area contributed by atoms with Crippen LogP contribution < -0.4 is 20.5 Å². The van der Waals surface area contributed by atoms with Crippen molar-refractivity contribution in [3.8, 4) is 11.5 Å². The van der Waals surface area contributed by atoms with Gasteiger partial charge >= 0.3 is 0 Å². The number of primary amides is 1. The van der Waals surface area contributed by atoms with E-state index in [1.54, 1.807) is 26.4 Å². The number of rotatable bonds is 6. The van der Waals surface area contributed by atoms with Gasteiger partial charge in [-0.25, -0.2) is 9.97 Å². The van der Waals surface area contributed by atoms with Gasteiger partial charge in [0.25, 0.3) is 5.91 Å². The Morgan fingerprint density at radius 2 is 2.00 bits per heavy atom. The molecule has 0 saturated carbocycles. The van der Waals surface area contributed by atoms with Crippen molar-refractivity contribution in [3.05, 3.63) is 53.9 Å². The van der Waals surface area contributed by atoms with Crippen LogP contribution in [0.3, 0.4) is 0 Å². The van der Waals surface area contributed by atoms with Crippen LogP contribution in [-0.4, -0.2) is 30.1 Å². The number of nitrogens with zero attached hydrogens (tertiary/aromatic N) is 2. The summed E-state index contributed by atoms with van der Waals surface area (Å²) < 4.78 is 10.6. The summed E-state index contributed by atoms with van der Waals surface area (Å²) in [6.45, 7) is 0.486. The molecule has 128 valence electrons. The highest BCUT2D eigenvalue weighted by molar-refractivity contribution is 6.06. The Kier molecular flexibility index (Phi) is 4.65. The van der Waals surface area contributed by atoms with Crippen molar-refractivity contribution in [1.82, 2.24) is 9.97 Å². The summed E-state index contributed by atoms with van der Waals surface area (Å²) in [5.41, 5.74) is 7.25. The molecule has 0 aliphatic rings. The monoisotopic (exact) mass is 338 g/mol. The first-order valence-corrected chi connectivity index (χ1v) is 7.62. The molecule has 1 aromatic heterocycles. The second-order valence-electron chi connectivity index (χ2n) is 5.32. The number of ether oxygens (including phenoxy) is 2. The number of anilines is 1. The summed E-state index contributed by atoms with van der Waals surface area (Å²) >= 11 is 0. The van der Waals surface area contributed by atoms with E-state index in [1.165, 1.54) is 6.33 Å². The highest BCUT2D eigenvalue weighted by atomic mass is 16.5. The molecular formula is C18H18N4O3. The van der Waals surface area contributed by atoms with E-state index >= 15 is 0 Å². The number of benzene rings is 2. The third kappa shape index (κ3) is 3.30. The van der Waals surface area contributed by atoms with Gasteiger partial charge in [-0.1, -0.05) is 6.07 Å². The number of nitrogens with one attached hydrogen (secondary N) is 1. The first-order valence-electron chi connectivity index (χ1n) is 7.62. The number of nitrogens with two attached hydrogens (primary N) is 1. The second kappa shape index (κ2) is 7.04. The van der Waals surface area contributed by atoms with Crippen molar-refractivity contribution in [3.63, 3.8) is 0 Å². The molecule has 0 aliphatic heterocycles. The highest BCUT2D eigenvalue weighted by Crippen LogP contribution is 2.27. The fourth-order valence-corrected chi connectivity index (χ4v) is 2.60. The molecule has 0 atom stereocenters. The van der Waals surface area contributed by atoms with Crippen LogP contribution in [0.25, 0.3) is 10.9 Å². The van der Waals surface area contributed by atoms with Gasteiger partial charge in [0, 0.05) is 23.6 Å². The Morgan fingerprint density at radius 1 is 1.16 bits per heavy atom. The van der Waals surface area contributed by atoms with E-state index < -0.39 is 5.91 Å². The van der Waals surface area contributed by atoms with Crippen molar-refractivity contribution in [1.29, 1.82) is 0 Å². The zero-order valence-corrected chi connectivity index (χ0v) is 13.9. The van der Waals surface area contributed by atoms with Gasteiger partial charge in [0.05, 0.1) is 25.3 Å². The van der Waals surface area contributed by atoms with Crippen molar-refractivity contribution in [2.24, 2.45) is 5.73 Å². The lowest BCUT2D eigenvalue weighted by atomic mass is 10.1. The first-order chi connectivity index (χ1) is 12.1. The predicted molar refractivity (Wildman–Crippen MR) is 94.9 cm³/mol. The molecule has 7 nitrogen and oxygen atoms in total. The van der Waals surface area contributed by atoms with Crippen molar-refractivity contribution in [2.75, 3.05) is 19.5 Å². The van der Waals surface area contributed by atoms with Crippen molar-refractivity contribution >= 4 is 22.6 Å². The molecule has 2 aromatic carbocycles. The summed E-state index contributed by atoms with van der Waals surface area (Å²) in [7, 11) is 3.22. The van der Waals surface area contributed by atoms with Crippen LogP contribution in [0, 0.1) is 0 Å². The third-order valence-electron chi connectivity index (χ3n) is 3.87. The van der Waals surface area contributed by atoms with Gasteiger partial charge in [-0.2, -0.15) is 0 Å². The van der Waals surface area contributed by atoms with E-state index in [0.29, 0.717) is 29.2 Å². The molecule has 25 heavy (non-hydrogen) atoms. The molecule has 0 spiro atoms. The summed E-state index contributed by atoms with van der Waals surface area (Å²) in [4.78, 5) is 20.0. The summed E-state index contributed by atoms with van der Waals surface area (Å²) in [5, 5.41) is 3.99. The zero-order valence-electron chi connectivity index (χ0n) is 13.9. The maximum absolute atomic E-state index is 11.6. The summed E-state index contributed by atoms with van der Waals surface area (Å²) in [5.74, 6) is 1.53. The van der Waals surface area contributed by atoms with Gasteiger partial charge in [0.15, 0.2) is 0 Å². The maximum Gasteiger partial charge on any atom is 0.250 e. The number of hydrogen-bond donors (Lipinski definition) is 2. The largest absolute Gasteiger partial charge is 0.497 e. The topological polar surface area (TPSA) is 99.4 Å². The summed E-state index contributed by atoms with van der Waals surface area (Å²) in [6.07, 6.45) is 1.41. The molecule has 3 rings (SSSR count). The molecule has 0 radical (unpaired) electrons. The van der Waals surface area contributed by atoms with Crippen LogP contribution in [0.2, 0.25) is 0 Å². The van der Waals surface area contributed by atoms with Crippen LogP contribution in [0.1, 0.15) is 15.9 Å². The number of carbonyl (C=O) groups excluding carboxylic acids is 1. The fourth-order valence-electron chi connectivity index (χ4n) is 2.60. The van der Waals surface area contributed by atoms with E-state index in [9.17, 15) is 4.79 Å². The molecular weight excluding hydrogens is 320 g/mol. The van der Waals surface area contributed by atoms with Crippen LogP contribution in [0.5, 0.6) is 11.5 Å². The number of methoxy groups -OCH3 is 2. The molecule has 0 unspecified atom stereocenters. The van der Waals surface area contributed by atoms with E-state index in [2.05, 4.69) is 15.3 Å². The minimum Gasteiger partial charge on any atom is -0.497 e. The lowest BCUT2D eigenvalue weighted by Crippen LogP contribution is -2.12. The van der Waals surface area contributed by atoms with Crippen LogP contribution >= 0.6 is 0 Å². The normalized spacial score (nSPS) is 10.5. The SMILES string of the molecule is COc1ccc(CNc2ncnc3c(C(N)=O)cccc23)c(OC)c1. The average molecular weight is 338 g/mol. The van der Waals surface area contributed by atoms with Crippen LogP contribution in [0.4, 0.5) is 5.82 Å². The smallest absolute Gasteiger partial charge is 0.250 e. The molecule has 0 aliphatic carbocycles. The van der Waals surface area contributed by atoms with E-state index in [0.717, 1.165) is 16.7 Å². The summed E-state index contributed by atoms with van der Waals surface area (Å²) in [6, 6.07) is 10.8. The van der Waals surface area contributed by atoms with Crippen LogP contribution in [0.15, 0.2) is 42.7 Å². The fraction of sp³-hybridized carbons (Fsp3) is 0.167. The van der Waals surface area contributed by atoms with E-state index in [1.807, 2.05) is 24.3 Å². The number of para-hydroxylation sites is 1. The van der Waals surface area contributed by atoms with Gasteiger partial charge < -0.3 is 20.5 Å². The Labute approximate surface area is 144 Å². The van der Waals surface area contributed by atoms with Gasteiger partial charge in [-0.05, 0) is 24.3 Å². The molecule has 3 N–H and O–H groups in total. The first kappa shape index (κ1) is 16.5. The van der Waals surface area contributed by atoms with Crippen molar-refractivity contribution in [2.45, 2.75) is 6.54 Å². The van der Waals surface area contributed by atoms with Crippen LogP contribution in [-0.2, 0) is 6.54 Å². The number of hydrogen-bond acceptors (Lipinski definition) is 6. The third-order valence-corrected chi connectivity index (χ3v) is 3.87. The molecule has 0 fully saturated rings. The highest BCUT2D eigenvalue weighted by Gasteiger charge is 2.12. The quantitative estimate of drug-likeness (QED) is 0.716.